The molecule has 0 aromatic heterocycles. The van der Waals surface area contributed by atoms with E-state index in [1.54, 1.807) is 12.1 Å². The van der Waals surface area contributed by atoms with Crippen molar-refractivity contribution in [3.63, 3.8) is 0 Å². The summed E-state index contributed by atoms with van der Waals surface area (Å²) in [7, 11) is 0. The van der Waals surface area contributed by atoms with Crippen LogP contribution in [0.3, 0.4) is 0 Å². The van der Waals surface area contributed by atoms with Gasteiger partial charge in [0.05, 0.1) is 18.1 Å². The van der Waals surface area contributed by atoms with E-state index in [1.807, 2.05) is 38.1 Å². The maximum absolute atomic E-state index is 9.48. The molecular formula is C17H19NO2. The van der Waals surface area contributed by atoms with Crippen LogP contribution in [0.5, 0.6) is 11.5 Å². The minimum Gasteiger partial charge on any atom is -0.508 e. The summed E-state index contributed by atoms with van der Waals surface area (Å²) >= 11 is 0. The van der Waals surface area contributed by atoms with Gasteiger partial charge in [0.15, 0.2) is 0 Å². The normalized spacial score (nSPS) is 11.2. The number of nitriles is 1. The first-order valence-electron chi connectivity index (χ1n) is 6.77. The summed E-state index contributed by atoms with van der Waals surface area (Å²) < 4.78 is 5.70. The standard InChI is InChI=1S/C17H19NO2/c1-17(2,12-18)8-3-9-20-16-7-5-13-4-6-15(19)10-14(13)11-16/h4-7,10-11,19H,3,8-9H2,1-2H3. The number of hydrogen-bond acceptors (Lipinski definition) is 3. The molecule has 2 rings (SSSR count). The van der Waals surface area contributed by atoms with E-state index in [2.05, 4.69) is 6.07 Å². The molecule has 0 atom stereocenters. The fourth-order valence-corrected chi connectivity index (χ4v) is 2.06. The van der Waals surface area contributed by atoms with Crippen molar-refractivity contribution in [1.29, 1.82) is 5.26 Å². The second-order valence-corrected chi connectivity index (χ2v) is 5.64. The molecule has 2 aromatic carbocycles. The third-order valence-corrected chi connectivity index (χ3v) is 3.31. The molecule has 3 heteroatoms. The largest absolute Gasteiger partial charge is 0.508 e. The Balaban J connectivity index is 1.95. The van der Waals surface area contributed by atoms with Crippen LogP contribution in [-0.4, -0.2) is 11.7 Å². The Morgan fingerprint density at radius 1 is 1.15 bits per heavy atom. The molecule has 0 bridgehead atoms. The van der Waals surface area contributed by atoms with Crippen LogP contribution < -0.4 is 4.74 Å². The molecule has 0 saturated heterocycles. The Bertz CT molecular complexity index is 641. The highest BCUT2D eigenvalue weighted by molar-refractivity contribution is 5.85. The number of aromatic hydroxyl groups is 1. The predicted molar refractivity (Wildman–Crippen MR) is 79.7 cm³/mol. The van der Waals surface area contributed by atoms with Crippen molar-refractivity contribution >= 4 is 10.8 Å². The molecule has 0 aliphatic rings. The van der Waals surface area contributed by atoms with Gasteiger partial charge in [-0.05, 0) is 61.7 Å². The Kier molecular flexibility index (Phi) is 4.14. The smallest absolute Gasteiger partial charge is 0.119 e. The van der Waals surface area contributed by atoms with Crippen molar-refractivity contribution in [2.45, 2.75) is 26.7 Å². The van der Waals surface area contributed by atoms with Crippen LogP contribution >= 0.6 is 0 Å². The van der Waals surface area contributed by atoms with Gasteiger partial charge in [0.2, 0.25) is 0 Å². The lowest BCUT2D eigenvalue weighted by Gasteiger charge is -2.14. The third kappa shape index (κ3) is 3.64. The molecule has 0 unspecified atom stereocenters. The van der Waals surface area contributed by atoms with Gasteiger partial charge in [0, 0.05) is 0 Å². The monoisotopic (exact) mass is 269 g/mol. The van der Waals surface area contributed by atoms with Gasteiger partial charge in [-0.15, -0.1) is 0 Å². The van der Waals surface area contributed by atoms with Gasteiger partial charge >= 0.3 is 0 Å². The Morgan fingerprint density at radius 3 is 2.65 bits per heavy atom. The van der Waals surface area contributed by atoms with Gasteiger partial charge in [-0.2, -0.15) is 5.26 Å². The minimum absolute atomic E-state index is 0.255. The Morgan fingerprint density at radius 2 is 1.90 bits per heavy atom. The van der Waals surface area contributed by atoms with Gasteiger partial charge in [-0.1, -0.05) is 12.1 Å². The van der Waals surface area contributed by atoms with Gasteiger partial charge in [0.25, 0.3) is 0 Å². The zero-order valence-electron chi connectivity index (χ0n) is 11.9. The van der Waals surface area contributed by atoms with E-state index >= 15 is 0 Å². The first-order valence-corrected chi connectivity index (χ1v) is 6.77. The van der Waals surface area contributed by atoms with E-state index in [0.29, 0.717) is 6.61 Å². The van der Waals surface area contributed by atoms with Crippen LogP contribution in [0.4, 0.5) is 0 Å². The van der Waals surface area contributed by atoms with Crippen molar-refractivity contribution in [3.8, 4) is 17.6 Å². The quantitative estimate of drug-likeness (QED) is 0.825. The fourth-order valence-electron chi connectivity index (χ4n) is 2.06. The highest BCUT2D eigenvalue weighted by atomic mass is 16.5. The van der Waals surface area contributed by atoms with E-state index in [9.17, 15) is 5.11 Å². The van der Waals surface area contributed by atoms with Crippen LogP contribution in [-0.2, 0) is 0 Å². The van der Waals surface area contributed by atoms with E-state index < -0.39 is 0 Å². The van der Waals surface area contributed by atoms with Gasteiger partial charge in [-0.3, -0.25) is 0 Å². The number of ether oxygens (including phenoxy) is 1. The highest BCUT2D eigenvalue weighted by Crippen LogP contribution is 2.25. The first-order chi connectivity index (χ1) is 9.50. The van der Waals surface area contributed by atoms with E-state index in [-0.39, 0.29) is 11.2 Å². The number of rotatable bonds is 5. The van der Waals surface area contributed by atoms with Crippen LogP contribution in [0.1, 0.15) is 26.7 Å². The Labute approximate surface area is 119 Å². The van der Waals surface area contributed by atoms with Crippen molar-refractivity contribution in [1.82, 2.24) is 0 Å². The summed E-state index contributed by atoms with van der Waals surface area (Å²) in [6, 6.07) is 13.4. The first kappa shape index (κ1) is 14.2. The molecule has 0 radical (unpaired) electrons. The summed E-state index contributed by atoms with van der Waals surface area (Å²) in [4.78, 5) is 0. The number of phenolic OH excluding ortho intramolecular Hbond substituents is 1. The zero-order chi connectivity index (χ0) is 14.6. The van der Waals surface area contributed by atoms with E-state index in [4.69, 9.17) is 10.00 Å². The molecule has 0 spiro atoms. The molecule has 104 valence electrons. The lowest BCUT2D eigenvalue weighted by molar-refractivity contribution is 0.284. The zero-order valence-corrected chi connectivity index (χ0v) is 11.9. The molecule has 1 N–H and O–H groups in total. The topological polar surface area (TPSA) is 53.2 Å². The second-order valence-electron chi connectivity index (χ2n) is 5.64. The molecule has 20 heavy (non-hydrogen) atoms. The van der Waals surface area contributed by atoms with Gasteiger partial charge in [-0.25, -0.2) is 0 Å². The molecule has 0 amide bonds. The molecule has 0 aliphatic heterocycles. The number of nitrogens with zero attached hydrogens (tertiary/aromatic N) is 1. The minimum atomic E-state index is -0.293. The van der Waals surface area contributed by atoms with Crippen LogP contribution in [0.15, 0.2) is 36.4 Å². The summed E-state index contributed by atoms with van der Waals surface area (Å²) in [5, 5.41) is 20.4. The SMILES string of the molecule is CC(C)(C#N)CCCOc1ccc2ccc(O)cc2c1. The average molecular weight is 269 g/mol. The summed E-state index contributed by atoms with van der Waals surface area (Å²) in [5.41, 5.74) is -0.293. The third-order valence-electron chi connectivity index (χ3n) is 3.31. The van der Waals surface area contributed by atoms with E-state index in [0.717, 1.165) is 29.4 Å². The molecule has 0 saturated carbocycles. The van der Waals surface area contributed by atoms with Crippen molar-refractivity contribution < 1.29 is 9.84 Å². The summed E-state index contributed by atoms with van der Waals surface area (Å²) in [5.74, 6) is 1.04. The van der Waals surface area contributed by atoms with Crippen LogP contribution in [0.25, 0.3) is 10.8 Å². The average Bonchev–Trinajstić information content (AvgIpc) is 2.43. The lowest BCUT2D eigenvalue weighted by Crippen LogP contribution is -2.10. The maximum Gasteiger partial charge on any atom is 0.119 e. The van der Waals surface area contributed by atoms with Crippen LogP contribution in [0.2, 0.25) is 0 Å². The van der Waals surface area contributed by atoms with Crippen molar-refractivity contribution in [3.05, 3.63) is 36.4 Å². The van der Waals surface area contributed by atoms with Crippen molar-refractivity contribution in [2.75, 3.05) is 6.61 Å². The van der Waals surface area contributed by atoms with Gasteiger partial charge in [0.1, 0.15) is 11.5 Å². The van der Waals surface area contributed by atoms with E-state index in [1.165, 1.54) is 0 Å². The fraction of sp³-hybridized carbons (Fsp3) is 0.353. The number of fused-ring (bicyclic) bond motifs is 1. The number of hydrogen-bond donors (Lipinski definition) is 1. The van der Waals surface area contributed by atoms with Gasteiger partial charge < -0.3 is 9.84 Å². The Hall–Kier alpha value is -2.21. The molecule has 0 aliphatic carbocycles. The molecule has 0 fully saturated rings. The molecule has 3 nitrogen and oxygen atoms in total. The summed E-state index contributed by atoms with van der Waals surface area (Å²) in [6.07, 6.45) is 1.66. The molecule has 0 heterocycles. The maximum atomic E-state index is 9.48. The number of phenols is 1. The van der Waals surface area contributed by atoms with Crippen molar-refractivity contribution in [2.24, 2.45) is 5.41 Å². The predicted octanol–water partition coefficient (Wildman–Crippen LogP) is 4.25. The lowest BCUT2D eigenvalue weighted by atomic mass is 9.90. The molecular weight excluding hydrogens is 250 g/mol. The summed E-state index contributed by atoms with van der Waals surface area (Å²) in [6.45, 7) is 4.47. The molecule has 2 aromatic rings. The second kappa shape index (κ2) is 5.83. The number of benzene rings is 2. The van der Waals surface area contributed by atoms with Crippen LogP contribution in [0, 0.1) is 16.7 Å². The highest BCUT2D eigenvalue weighted by Gasteiger charge is 2.15.